The molecule has 0 bridgehead atoms. The molecule has 1 fully saturated rings. The number of hydrogen-bond acceptors (Lipinski definition) is 2. The van der Waals surface area contributed by atoms with Crippen molar-refractivity contribution in [1.82, 2.24) is 5.32 Å². The second-order valence-corrected chi connectivity index (χ2v) is 3.67. The van der Waals surface area contributed by atoms with Crippen molar-refractivity contribution in [2.24, 2.45) is 0 Å². The maximum Gasteiger partial charge on any atom is 0.0699 e. The minimum absolute atomic E-state index is 0.384. The van der Waals surface area contributed by atoms with Crippen LogP contribution in [0.15, 0.2) is 11.6 Å². The first kappa shape index (κ1) is 10.0. The van der Waals surface area contributed by atoms with Gasteiger partial charge in [-0.15, -0.1) is 0 Å². The van der Waals surface area contributed by atoms with E-state index in [0.717, 1.165) is 13.2 Å². The van der Waals surface area contributed by atoms with Crippen LogP contribution in [0.3, 0.4) is 0 Å². The molecule has 70 valence electrons. The summed E-state index contributed by atoms with van der Waals surface area (Å²) in [6.45, 7) is 6.09. The van der Waals surface area contributed by atoms with Crippen LogP contribution in [-0.2, 0) is 4.74 Å². The summed E-state index contributed by atoms with van der Waals surface area (Å²) in [6, 6.07) is 0. The molecule has 1 saturated heterocycles. The monoisotopic (exact) mass is 189 g/mol. The highest BCUT2D eigenvalue weighted by Gasteiger charge is 2.12. The summed E-state index contributed by atoms with van der Waals surface area (Å²) in [4.78, 5) is 0. The summed E-state index contributed by atoms with van der Waals surface area (Å²) >= 11 is 5.60. The molecule has 3 heteroatoms. The molecule has 1 unspecified atom stereocenters. The third-order valence-electron chi connectivity index (χ3n) is 1.96. The fraction of sp³-hybridized carbons (Fsp3) is 0.778. The van der Waals surface area contributed by atoms with Gasteiger partial charge in [0.25, 0.3) is 0 Å². The SMILES string of the molecule is C=C(Cl)CNCC1CCCCO1. The maximum absolute atomic E-state index is 5.60. The second-order valence-electron chi connectivity index (χ2n) is 3.14. The molecule has 0 spiro atoms. The lowest BCUT2D eigenvalue weighted by Gasteiger charge is -2.22. The Kier molecular flexibility index (Phi) is 4.66. The second kappa shape index (κ2) is 5.57. The van der Waals surface area contributed by atoms with Crippen LogP contribution >= 0.6 is 11.6 Å². The van der Waals surface area contributed by atoms with E-state index in [0.29, 0.717) is 17.7 Å². The van der Waals surface area contributed by atoms with Gasteiger partial charge in [-0.2, -0.15) is 0 Å². The van der Waals surface area contributed by atoms with Gasteiger partial charge in [-0.25, -0.2) is 0 Å². The Morgan fingerprint density at radius 1 is 1.58 bits per heavy atom. The molecule has 1 heterocycles. The molecule has 1 rings (SSSR count). The Labute approximate surface area is 78.9 Å². The van der Waals surface area contributed by atoms with Crippen molar-refractivity contribution < 1.29 is 4.74 Å². The molecular formula is C9H16ClNO. The predicted octanol–water partition coefficient (Wildman–Crippen LogP) is 1.90. The van der Waals surface area contributed by atoms with Gasteiger partial charge >= 0.3 is 0 Å². The molecule has 0 aromatic carbocycles. The van der Waals surface area contributed by atoms with Gasteiger partial charge in [-0.3, -0.25) is 0 Å². The topological polar surface area (TPSA) is 21.3 Å². The fourth-order valence-corrected chi connectivity index (χ4v) is 1.43. The highest BCUT2D eigenvalue weighted by Crippen LogP contribution is 2.11. The summed E-state index contributed by atoms with van der Waals surface area (Å²) in [5, 5.41) is 3.86. The van der Waals surface area contributed by atoms with Crippen LogP contribution < -0.4 is 5.32 Å². The van der Waals surface area contributed by atoms with E-state index in [1.807, 2.05) is 0 Å². The van der Waals surface area contributed by atoms with Crippen LogP contribution in [0.4, 0.5) is 0 Å². The predicted molar refractivity (Wildman–Crippen MR) is 51.5 cm³/mol. The Morgan fingerprint density at radius 3 is 3.00 bits per heavy atom. The Hall–Kier alpha value is -0.0500. The van der Waals surface area contributed by atoms with Crippen molar-refractivity contribution in [3.63, 3.8) is 0 Å². The summed E-state index contributed by atoms with van der Waals surface area (Å²) < 4.78 is 5.52. The van der Waals surface area contributed by atoms with Crippen LogP contribution in [0, 0.1) is 0 Å². The van der Waals surface area contributed by atoms with E-state index in [2.05, 4.69) is 11.9 Å². The molecule has 0 aromatic heterocycles. The number of ether oxygens (including phenoxy) is 1. The van der Waals surface area contributed by atoms with Gasteiger partial charge in [0.1, 0.15) is 0 Å². The number of hydrogen-bond donors (Lipinski definition) is 1. The molecule has 2 nitrogen and oxygen atoms in total. The molecule has 0 amide bonds. The van der Waals surface area contributed by atoms with Crippen molar-refractivity contribution in [2.75, 3.05) is 19.7 Å². The minimum atomic E-state index is 0.384. The van der Waals surface area contributed by atoms with Crippen molar-refractivity contribution in [2.45, 2.75) is 25.4 Å². The lowest BCUT2D eigenvalue weighted by Crippen LogP contribution is -2.32. The molecule has 1 aliphatic heterocycles. The van der Waals surface area contributed by atoms with Crippen LogP contribution in [0.5, 0.6) is 0 Å². The van der Waals surface area contributed by atoms with Crippen molar-refractivity contribution in [3.8, 4) is 0 Å². The summed E-state index contributed by atoms with van der Waals surface area (Å²) in [5.41, 5.74) is 0. The summed E-state index contributed by atoms with van der Waals surface area (Å²) in [6.07, 6.45) is 4.05. The Bertz CT molecular complexity index is 143. The average Bonchev–Trinajstić information content (AvgIpc) is 2.05. The van der Waals surface area contributed by atoms with Gasteiger partial charge in [-0.1, -0.05) is 18.2 Å². The van der Waals surface area contributed by atoms with E-state index in [1.54, 1.807) is 0 Å². The molecule has 0 saturated carbocycles. The molecule has 1 aliphatic rings. The zero-order valence-electron chi connectivity index (χ0n) is 7.31. The van der Waals surface area contributed by atoms with Crippen molar-refractivity contribution in [1.29, 1.82) is 0 Å². The largest absolute Gasteiger partial charge is 0.377 e. The molecule has 1 atom stereocenters. The molecular weight excluding hydrogens is 174 g/mol. The number of nitrogens with one attached hydrogen (secondary N) is 1. The van der Waals surface area contributed by atoms with Gasteiger partial charge in [0.15, 0.2) is 0 Å². The Balaban J connectivity index is 2.01. The van der Waals surface area contributed by atoms with Crippen LogP contribution in [-0.4, -0.2) is 25.8 Å². The molecule has 0 radical (unpaired) electrons. The molecule has 0 aromatic rings. The van der Waals surface area contributed by atoms with Gasteiger partial charge in [0, 0.05) is 24.7 Å². The first-order valence-corrected chi connectivity index (χ1v) is 4.82. The summed E-state index contributed by atoms with van der Waals surface area (Å²) in [5.74, 6) is 0. The quantitative estimate of drug-likeness (QED) is 0.730. The van der Waals surface area contributed by atoms with Crippen LogP contribution in [0.2, 0.25) is 0 Å². The lowest BCUT2D eigenvalue weighted by atomic mass is 10.1. The first-order valence-electron chi connectivity index (χ1n) is 4.44. The fourth-order valence-electron chi connectivity index (χ4n) is 1.34. The van der Waals surface area contributed by atoms with Crippen molar-refractivity contribution >= 4 is 11.6 Å². The van der Waals surface area contributed by atoms with Crippen molar-refractivity contribution in [3.05, 3.63) is 11.6 Å². The standard InChI is InChI=1S/C9H16ClNO/c1-8(10)6-11-7-9-4-2-3-5-12-9/h9,11H,1-7H2. The molecule has 1 N–H and O–H groups in total. The van der Waals surface area contributed by atoms with Gasteiger partial charge in [0.05, 0.1) is 6.10 Å². The van der Waals surface area contributed by atoms with E-state index in [4.69, 9.17) is 16.3 Å². The van der Waals surface area contributed by atoms with Gasteiger partial charge in [0.2, 0.25) is 0 Å². The molecule has 12 heavy (non-hydrogen) atoms. The average molecular weight is 190 g/mol. The van der Waals surface area contributed by atoms with Crippen LogP contribution in [0.25, 0.3) is 0 Å². The lowest BCUT2D eigenvalue weighted by molar-refractivity contribution is 0.0175. The van der Waals surface area contributed by atoms with Gasteiger partial charge < -0.3 is 10.1 Å². The molecule has 0 aliphatic carbocycles. The minimum Gasteiger partial charge on any atom is -0.377 e. The van der Waals surface area contributed by atoms with E-state index in [9.17, 15) is 0 Å². The smallest absolute Gasteiger partial charge is 0.0699 e. The highest BCUT2D eigenvalue weighted by atomic mass is 35.5. The normalized spacial score (nSPS) is 23.9. The first-order chi connectivity index (χ1) is 5.79. The number of halogens is 1. The zero-order chi connectivity index (χ0) is 8.81. The van der Waals surface area contributed by atoms with E-state index >= 15 is 0 Å². The summed E-state index contributed by atoms with van der Waals surface area (Å²) in [7, 11) is 0. The zero-order valence-corrected chi connectivity index (χ0v) is 8.07. The van der Waals surface area contributed by atoms with E-state index in [-0.39, 0.29) is 0 Å². The van der Waals surface area contributed by atoms with Gasteiger partial charge in [-0.05, 0) is 19.3 Å². The van der Waals surface area contributed by atoms with E-state index < -0.39 is 0 Å². The van der Waals surface area contributed by atoms with Crippen LogP contribution in [0.1, 0.15) is 19.3 Å². The third-order valence-corrected chi connectivity index (χ3v) is 2.10. The highest BCUT2D eigenvalue weighted by molar-refractivity contribution is 6.29. The maximum atomic E-state index is 5.60. The Morgan fingerprint density at radius 2 is 2.42 bits per heavy atom. The number of rotatable bonds is 4. The van der Waals surface area contributed by atoms with E-state index in [1.165, 1.54) is 19.3 Å². The third kappa shape index (κ3) is 4.10.